The number of hydroxylamine groups is 2. The molecule has 3 rings (SSSR count). The first-order valence-electron chi connectivity index (χ1n) is 8.18. The highest BCUT2D eigenvalue weighted by atomic mass is 19.1. The molecule has 2 aromatic carbocycles. The van der Waals surface area contributed by atoms with Gasteiger partial charge < -0.3 is 4.74 Å². The van der Waals surface area contributed by atoms with Crippen LogP contribution in [0.3, 0.4) is 0 Å². The molecule has 0 fully saturated rings. The molecule has 1 aliphatic rings. The maximum atomic E-state index is 13.1. The van der Waals surface area contributed by atoms with Crippen LogP contribution in [0.5, 0.6) is 0 Å². The van der Waals surface area contributed by atoms with Gasteiger partial charge in [-0.3, -0.25) is 9.59 Å². The predicted octanol–water partition coefficient (Wildman–Crippen LogP) is 2.75. The van der Waals surface area contributed by atoms with Crippen LogP contribution in [-0.2, 0) is 25.6 Å². The number of aliphatic imine (C=N–C) groups is 1. The Kier molecular flexibility index (Phi) is 5.85. The summed E-state index contributed by atoms with van der Waals surface area (Å²) < 4.78 is 17.9. The third-order valence-electron chi connectivity index (χ3n) is 3.78. The Hall–Kier alpha value is -3.16. The average Bonchev–Trinajstić information content (AvgIpc) is 2.68. The second-order valence-electron chi connectivity index (χ2n) is 5.74. The summed E-state index contributed by atoms with van der Waals surface area (Å²) >= 11 is 0. The quantitative estimate of drug-likeness (QED) is 0.447. The van der Waals surface area contributed by atoms with E-state index in [4.69, 9.17) is 9.57 Å². The normalized spacial score (nSPS) is 16.0. The van der Waals surface area contributed by atoms with E-state index in [0.717, 1.165) is 5.56 Å². The zero-order valence-electron chi connectivity index (χ0n) is 14.6. The molecule has 7 heteroatoms. The van der Waals surface area contributed by atoms with E-state index in [1.807, 2.05) is 30.3 Å². The van der Waals surface area contributed by atoms with Crippen LogP contribution in [-0.4, -0.2) is 36.5 Å². The number of hydrogen-bond donors (Lipinski definition) is 0. The van der Waals surface area contributed by atoms with Crippen LogP contribution in [0.4, 0.5) is 4.39 Å². The first-order valence-corrected chi connectivity index (χ1v) is 8.18. The number of nitrogens with zero attached hydrogens (tertiary/aromatic N) is 2. The van der Waals surface area contributed by atoms with Gasteiger partial charge in [-0.05, 0) is 29.3 Å². The highest BCUT2D eigenvalue weighted by Gasteiger charge is 2.34. The topological polar surface area (TPSA) is 68.2 Å². The molecule has 1 heterocycles. The molecular formula is C20H17FN2O4. The third kappa shape index (κ3) is 4.52. The molecule has 0 saturated heterocycles. The van der Waals surface area contributed by atoms with Crippen molar-refractivity contribution >= 4 is 23.6 Å². The van der Waals surface area contributed by atoms with E-state index in [1.54, 1.807) is 0 Å². The Morgan fingerprint density at radius 2 is 1.74 bits per heavy atom. The highest BCUT2D eigenvalue weighted by Crippen LogP contribution is 2.19. The minimum Gasteiger partial charge on any atom is -0.356 e. The fourth-order valence-corrected chi connectivity index (χ4v) is 2.49. The standard InChI is InChI=1S/C20H17FN2O4/c1-26-13-27-23-19(24)17(11-14-5-3-2-4-6-14)22-18(20(23)25)12-15-7-9-16(21)10-8-15/h2-10,12H,11,13H2,1H3/b18-12+. The molecule has 0 bridgehead atoms. The Bertz CT molecular complexity index is 892. The highest BCUT2D eigenvalue weighted by molar-refractivity contribution is 6.44. The number of benzene rings is 2. The summed E-state index contributed by atoms with van der Waals surface area (Å²) in [6.45, 7) is -0.264. The average molecular weight is 368 g/mol. The van der Waals surface area contributed by atoms with Crippen LogP contribution < -0.4 is 0 Å². The number of carbonyl (C=O) groups excluding carboxylic acids is 2. The third-order valence-corrected chi connectivity index (χ3v) is 3.78. The molecule has 0 radical (unpaired) electrons. The summed E-state index contributed by atoms with van der Waals surface area (Å²) in [5.74, 6) is -1.74. The van der Waals surface area contributed by atoms with Gasteiger partial charge in [0.15, 0.2) is 6.79 Å². The van der Waals surface area contributed by atoms with Crippen molar-refractivity contribution in [2.24, 2.45) is 4.99 Å². The maximum absolute atomic E-state index is 13.1. The fourth-order valence-electron chi connectivity index (χ4n) is 2.49. The van der Waals surface area contributed by atoms with Gasteiger partial charge >= 0.3 is 5.91 Å². The second-order valence-corrected chi connectivity index (χ2v) is 5.74. The molecule has 138 valence electrons. The van der Waals surface area contributed by atoms with Gasteiger partial charge in [-0.25, -0.2) is 14.2 Å². The van der Waals surface area contributed by atoms with Crippen molar-refractivity contribution in [3.05, 3.63) is 77.2 Å². The van der Waals surface area contributed by atoms with Crippen LogP contribution in [0.25, 0.3) is 6.08 Å². The zero-order chi connectivity index (χ0) is 19.2. The molecule has 0 N–H and O–H groups in total. The van der Waals surface area contributed by atoms with Crippen molar-refractivity contribution in [1.29, 1.82) is 0 Å². The molecule has 2 amide bonds. The van der Waals surface area contributed by atoms with Gasteiger partial charge in [-0.15, -0.1) is 5.06 Å². The molecule has 2 aromatic rings. The summed E-state index contributed by atoms with van der Waals surface area (Å²) in [7, 11) is 1.38. The van der Waals surface area contributed by atoms with Gasteiger partial charge in [0, 0.05) is 13.5 Å². The number of carbonyl (C=O) groups is 2. The van der Waals surface area contributed by atoms with Crippen LogP contribution >= 0.6 is 0 Å². The number of hydrogen-bond acceptors (Lipinski definition) is 5. The Morgan fingerprint density at radius 3 is 2.41 bits per heavy atom. The van der Waals surface area contributed by atoms with E-state index in [9.17, 15) is 14.0 Å². The maximum Gasteiger partial charge on any atom is 0.303 e. The van der Waals surface area contributed by atoms with E-state index >= 15 is 0 Å². The molecule has 0 unspecified atom stereocenters. The van der Waals surface area contributed by atoms with Gasteiger partial charge in [0.2, 0.25) is 0 Å². The largest absolute Gasteiger partial charge is 0.356 e. The summed E-state index contributed by atoms with van der Waals surface area (Å²) in [5, 5.41) is 0.643. The van der Waals surface area contributed by atoms with Gasteiger partial charge in [-0.1, -0.05) is 42.5 Å². The Balaban J connectivity index is 1.97. The summed E-state index contributed by atoms with van der Waals surface area (Å²) in [5.41, 5.74) is 1.61. The first-order chi connectivity index (χ1) is 13.1. The smallest absolute Gasteiger partial charge is 0.303 e. The van der Waals surface area contributed by atoms with Crippen LogP contribution in [0.1, 0.15) is 11.1 Å². The lowest BCUT2D eigenvalue weighted by Crippen LogP contribution is -2.46. The van der Waals surface area contributed by atoms with Crippen molar-refractivity contribution in [3.8, 4) is 0 Å². The van der Waals surface area contributed by atoms with Gasteiger partial charge in [0.25, 0.3) is 5.91 Å². The lowest BCUT2D eigenvalue weighted by molar-refractivity contribution is -0.213. The number of halogens is 1. The van der Waals surface area contributed by atoms with Crippen molar-refractivity contribution in [2.45, 2.75) is 6.42 Å². The summed E-state index contributed by atoms with van der Waals surface area (Å²) in [6.07, 6.45) is 1.71. The van der Waals surface area contributed by atoms with Crippen LogP contribution in [0.15, 0.2) is 65.3 Å². The molecular weight excluding hydrogens is 351 g/mol. The van der Waals surface area contributed by atoms with Crippen molar-refractivity contribution in [2.75, 3.05) is 13.9 Å². The fraction of sp³-hybridized carbons (Fsp3) is 0.150. The Morgan fingerprint density at radius 1 is 1.04 bits per heavy atom. The first kappa shape index (κ1) is 18.6. The summed E-state index contributed by atoms with van der Waals surface area (Å²) in [4.78, 5) is 34.6. The zero-order valence-corrected chi connectivity index (χ0v) is 14.6. The van der Waals surface area contributed by atoms with Crippen LogP contribution in [0, 0.1) is 5.82 Å². The Labute approximate surface area is 155 Å². The molecule has 1 aliphatic heterocycles. The number of ether oxygens (including phenoxy) is 1. The van der Waals surface area contributed by atoms with E-state index in [0.29, 0.717) is 10.6 Å². The molecule has 0 aliphatic carbocycles. The lowest BCUT2D eigenvalue weighted by atomic mass is 10.1. The van der Waals surface area contributed by atoms with Crippen molar-refractivity contribution in [1.82, 2.24) is 5.06 Å². The van der Waals surface area contributed by atoms with E-state index in [-0.39, 0.29) is 30.4 Å². The molecule has 0 spiro atoms. The van der Waals surface area contributed by atoms with E-state index in [1.165, 1.54) is 37.5 Å². The van der Waals surface area contributed by atoms with Crippen LogP contribution in [0.2, 0.25) is 0 Å². The minimum absolute atomic E-state index is 0.0169. The second kappa shape index (κ2) is 8.48. The molecule has 6 nitrogen and oxygen atoms in total. The number of imide groups is 1. The van der Waals surface area contributed by atoms with E-state index < -0.39 is 11.8 Å². The van der Waals surface area contributed by atoms with Gasteiger partial charge in [-0.2, -0.15) is 0 Å². The number of methoxy groups -OCH3 is 1. The molecule has 27 heavy (non-hydrogen) atoms. The minimum atomic E-state index is -0.710. The predicted molar refractivity (Wildman–Crippen MR) is 96.8 cm³/mol. The SMILES string of the molecule is COCON1C(=O)C(Cc2ccccc2)=N/C(=C/c2ccc(F)cc2)C1=O. The van der Waals surface area contributed by atoms with E-state index in [2.05, 4.69) is 4.99 Å². The monoisotopic (exact) mass is 368 g/mol. The number of rotatable bonds is 6. The molecule has 0 aromatic heterocycles. The molecule has 0 atom stereocenters. The van der Waals surface area contributed by atoms with Crippen molar-refractivity contribution in [3.63, 3.8) is 0 Å². The summed E-state index contributed by atoms with van der Waals surface area (Å²) in [6, 6.07) is 14.9. The van der Waals surface area contributed by atoms with Crippen molar-refractivity contribution < 1.29 is 23.6 Å². The lowest BCUT2D eigenvalue weighted by Gasteiger charge is -2.24. The number of amides is 2. The molecule has 0 saturated carbocycles. The van der Waals surface area contributed by atoms with Gasteiger partial charge in [0.1, 0.15) is 17.2 Å². The van der Waals surface area contributed by atoms with Gasteiger partial charge in [0.05, 0.1) is 0 Å².